The monoisotopic (exact) mass is 285 g/mol. The third kappa shape index (κ3) is 2.46. The predicted octanol–water partition coefficient (Wildman–Crippen LogP) is 2.73. The Bertz CT molecular complexity index is 715. The molecule has 0 saturated heterocycles. The summed E-state index contributed by atoms with van der Waals surface area (Å²) < 4.78 is 13.9. The number of carbonyl (C=O) groups excluding carboxylic acids is 1. The third-order valence-electron chi connectivity index (χ3n) is 3.92. The zero-order valence-corrected chi connectivity index (χ0v) is 11.7. The Morgan fingerprint density at radius 3 is 3.05 bits per heavy atom. The highest BCUT2D eigenvalue weighted by Gasteiger charge is 2.24. The molecule has 1 atom stereocenters. The number of hydrogen-bond donors (Lipinski definition) is 2. The Kier molecular flexibility index (Phi) is 3.33. The molecule has 108 valence electrons. The van der Waals surface area contributed by atoms with Crippen molar-refractivity contribution in [1.82, 2.24) is 4.98 Å². The van der Waals surface area contributed by atoms with E-state index in [1.807, 2.05) is 6.07 Å². The van der Waals surface area contributed by atoms with E-state index in [1.54, 1.807) is 19.2 Å². The molecule has 1 amide bonds. The third-order valence-corrected chi connectivity index (χ3v) is 3.92. The zero-order valence-electron chi connectivity index (χ0n) is 11.7. The summed E-state index contributed by atoms with van der Waals surface area (Å²) in [5.41, 5.74) is 8.67. The van der Waals surface area contributed by atoms with Gasteiger partial charge in [0.1, 0.15) is 5.82 Å². The van der Waals surface area contributed by atoms with Gasteiger partial charge in [0.05, 0.1) is 11.7 Å². The maximum Gasteiger partial charge on any atom is 0.248 e. The van der Waals surface area contributed by atoms with Crippen molar-refractivity contribution in [2.45, 2.75) is 25.8 Å². The summed E-state index contributed by atoms with van der Waals surface area (Å²) in [7, 11) is 0. The van der Waals surface area contributed by atoms with Crippen LogP contribution in [0.25, 0.3) is 0 Å². The number of hydrogen-bond acceptors (Lipinski definition) is 3. The van der Waals surface area contributed by atoms with Crippen molar-refractivity contribution in [1.29, 1.82) is 0 Å². The van der Waals surface area contributed by atoms with Crippen molar-refractivity contribution >= 4 is 11.6 Å². The number of halogens is 1. The Morgan fingerprint density at radius 1 is 1.48 bits per heavy atom. The van der Waals surface area contributed by atoms with Gasteiger partial charge in [-0.2, -0.15) is 0 Å². The Hall–Kier alpha value is -2.43. The molecule has 5 heteroatoms. The molecule has 1 aliphatic rings. The molecular formula is C16H16FN3O. The molecule has 4 nitrogen and oxygen atoms in total. The molecule has 1 unspecified atom stereocenters. The van der Waals surface area contributed by atoms with Gasteiger partial charge in [-0.1, -0.05) is 6.07 Å². The molecule has 1 aromatic carbocycles. The molecule has 0 radical (unpaired) electrons. The average Bonchev–Trinajstić information content (AvgIpc) is 2.87. The number of aromatic nitrogens is 1. The van der Waals surface area contributed by atoms with Gasteiger partial charge < -0.3 is 11.1 Å². The number of nitrogens with two attached hydrogens (primary N) is 1. The van der Waals surface area contributed by atoms with E-state index in [0.29, 0.717) is 11.3 Å². The van der Waals surface area contributed by atoms with E-state index in [2.05, 4.69) is 16.4 Å². The maximum atomic E-state index is 13.9. The average molecular weight is 285 g/mol. The summed E-state index contributed by atoms with van der Waals surface area (Å²) in [5.74, 6) is -1.07. The van der Waals surface area contributed by atoms with Crippen LogP contribution in [-0.4, -0.2) is 10.9 Å². The second-order valence-electron chi connectivity index (χ2n) is 5.28. The van der Waals surface area contributed by atoms with Crippen LogP contribution >= 0.6 is 0 Å². The maximum absolute atomic E-state index is 13.9. The first-order valence-corrected chi connectivity index (χ1v) is 6.86. The van der Waals surface area contributed by atoms with Gasteiger partial charge in [-0.3, -0.25) is 9.78 Å². The summed E-state index contributed by atoms with van der Waals surface area (Å²) in [6.45, 7) is 1.68. The topological polar surface area (TPSA) is 68.0 Å². The van der Waals surface area contributed by atoms with Crippen LogP contribution in [0.15, 0.2) is 30.5 Å². The van der Waals surface area contributed by atoms with Crippen LogP contribution in [0.2, 0.25) is 0 Å². The number of nitrogens with one attached hydrogen (secondary N) is 1. The molecule has 0 spiro atoms. The van der Waals surface area contributed by atoms with Gasteiger partial charge in [-0.15, -0.1) is 0 Å². The number of nitrogens with zero attached hydrogens (tertiary/aromatic N) is 1. The lowest BCUT2D eigenvalue weighted by Gasteiger charge is -2.17. The fourth-order valence-corrected chi connectivity index (χ4v) is 2.71. The van der Waals surface area contributed by atoms with Gasteiger partial charge in [0.25, 0.3) is 0 Å². The predicted molar refractivity (Wildman–Crippen MR) is 78.6 cm³/mol. The number of amides is 1. The molecule has 1 aliphatic carbocycles. The van der Waals surface area contributed by atoms with Crippen LogP contribution in [0, 0.1) is 12.7 Å². The number of rotatable bonds is 3. The van der Waals surface area contributed by atoms with Crippen molar-refractivity contribution in [3.8, 4) is 0 Å². The van der Waals surface area contributed by atoms with E-state index >= 15 is 0 Å². The summed E-state index contributed by atoms with van der Waals surface area (Å²) in [4.78, 5) is 15.7. The van der Waals surface area contributed by atoms with Crippen molar-refractivity contribution in [2.75, 3.05) is 5.32 Å². The first kappa shape index (κ1) is 13.5. The van der Waals surface area contributed by atoms with E-state index in [4.69, 9.17) is 5.73 Å². The summed E-state index contributed by atoms with van der Waals surface area (Å²) in [6, 6.07) is 6.77. The summed E-state index contributed by atoms with van der Waals surface area (Å²) in [5, 5.41) is 3.29. The Balaban J connectivity index is 1.94. The quantitative estimate of drug-likeness (QED) is 0.911. The number of aryl methyl sites for hydroxylation is 1. The number of carbonyl (C=O) groups is 1. The van der Waals surface area contributed by atoms with Crippen molar-refractivity contribution in [3.05, 3.63) is 58.7 Å². The highest BCUT2D eigenvalue weighted by atomic mass is 19.1. The Morgan fingerprint density at radius 2 is 2.29 bits per heavy atom. The summed E-state index contributed by atoms with van der Waals surface area (Å²) >= 11 is 0. The van der Waals surface area contributed by atoms with Gasteiger partial charge in [0, 0.05) is 23.0 Å². The first-order chi connectivity index (χ1) is 10.1. The molecule has 21 heavy (non-hydrogen) atoms. The molecule has 0 bridgehead atoms. The minimum atomic E-state index is -0.637. The van der Waals surface area contributed by atoms with Crippen LogP contribution in [-0.2, 0) is 6.42 Å². The van der Waals surface area contributed by atoms with E-state index in [1.165, 1.54) is 11.6 Å². The molecule has 1 aromatic heterocycles. The van der Waals surface area contributed by atoms with E-state index in [9.17, 15) is 9.18 Å². The molecule has 3 rings (SSSR count). The van der Waals surface area contributed by atoms with Gasteiger partial charge in [0.15, 0.2) is 0 Å². The minimum Gasteiger partial charge on any atom is -0.376 e. The second kappa shape index (κ2) is 5.16. The fourth-order valence-electron chi connectivity index (χ4n) is 2.71. The molecular weight excluding hydrogens is 269 g/mol. The highest BCUT2D eigenvalue weighted by molar-refractivity contribution is 5.94. The fraction of sp³-hybridized carbons (Fsp3) is 0.250. The summed E-state index contributed by atoms with van der Waals surface area (Å²) in [6.07, 6.45) is 3.60. The SMILES string of the molecule is Cc1c(F)cc(C(N)=O)cc1NC1CCc2cccnc21. The smallest absolute Gasteiger partial charge is 0.248 e. The lowest BCUT2D eigenvalue weighted by Crippen LogP contribution is -2.14. The van der Waals surface area contributed by atoms with Crippen LogP contribution in [0.1, 0.15) is 39.6 Å². The van der Waals surface area contributed by atoms with E-state index < -0.39 is 11.7 Å². The van der Waals surface area contributed by atoms with Gasteiger partial charge >= 0.3 is 0 Å². The lowest BCUT2D eigenvalue weighted by atomic mass is 10.1. The van der Waals surface area contributed by atoms with Crippen LogP contribution < -0.4 is 11.1 Å². The minimum absolute atomic E-state index is 0.0300. The number of anilines is 1. The van der Waals surface area contributed by atoms with Gasteiger partial charge in [-0.25, -0.2) is 4.39 Å². The van der Waals surface area contributed by atoms with Crippen LogP contribution in [0.5, 0.6) is 0 Å². The molecule has 3 N–H and O–H groups in total. The first-order valence-electron chi connectivity index (χ1n) is 6.86. The van der Waals surface area contributed by atoms with E-state index in [-0.39, 0.29) is 11.6 Å². The highest BCUT2D eigenvalue weighted by Crippen LogP contribution is 2.33. The molecule has 0 fully saturated rings. The molecule has 0 saturated carbocycles. The number of benzene rings is 1. The van der Waals surface area contributed by atoms with E-state index in [0.717, 1.165) is 18.5 Å². The van der Waals surface area contributed by atoms with Crippen LogP contribution in [0.3, 0.4) is 0 Å². The van der Waals surface area contributed by atoms with Crippen molar-refractivity contribution in [3.63, 3.8) is 0 Å². The number of primary amides is 1. The van der Waals surface area contributed by atoms with Crippen LogP contribution in [0.4, 0.5) is 10.1 Å². The number of pyridine rings is 1. The standard InChI is InChI=1S/C16H16FN3O/c1-9-12(17)7-11(16(18)21)8-14(9)20-13-5-4-10-3-2-6-19-15(10)13/h2-3,6-8,13,20H,4-5H2,1H3,(H2,18,21). The van der Waals surface area contributed by atoms with Crippen molar-refractivity contribution < 1.29 is 9.18 Å². The largest absolute Gasteiger partial charge is 0.376 e. The molecule has 0 aliphatic heterocycles. The zero-order chi connectivity index (χ0) is 15.0. The van der Waals surface area contributed by atoms with Gasteiger partial charge in [-0.05, 0) is 43.5 Å². The number of fused-ring (bicyclic) bond motifs is 1. The molecule has 1 heterocycles. The van der Waals surface area contributed by atoms with Gasteiger partial charge in [0.2, 0.25) is 5.91 Å². The Labute approximate surface area is 122 Å². The normalized spacial score (nSPS) is 16.6. The lowest BCUT2D eigenvalue weighted by molar-refractivity contribution is 0.1000. The van der Waals surface area contributed by atoms with Crippen molar-refractivity contribution in [2.24, 2.45) is 5.73 Å². The molecule has 2 aromatic rings. The second-order valence-corrected chi connectivity index (χ2v) is 5.28.